The van der Waals surface area contributed by atoms with E-state index in [0.717, 1.165) is 7.28 Å². The average molecular weight is 884 g/mol. The lowest BCUT2D eigenvalue weighted by Gasteiger charge is -2.30. The molecule has 3 heteroatoms. The molecule has 0 radical (unpaired) electrons. The molecule has 0 spiro atoms. The van der Waals surface area contributed by atoms with Crippen molar-refractivity contribution in [3.8, 4) is 39.1 Å². The van der Waals surface area contributed by atoms with E-state index in [1.807, 2.05) is 11.3 Å². The summed E-state index contributed by atoms with van der Waals surface area (Å²) in [6, 6.07) is 55.0. The maximum absolute atomic E-state index is 2.71. The summed E-state index contributed by atoms with van der Waals surface area (Å²) >= 11 is 1.93. The van der Waals surface area contributed by atoms with Crippen LogP contribution in [0.5, 0.6) is 0 Å². The van der Waals surface area contributed by atoms with Crippen LogP contribution >= 0.6 is 11.3 Å². The van der Waals surface area contributed by atoms with Crippen LogP contribution in [0.2, 0.25) is 0 Å². The summed E-state index contributed by atoms with van der Waals surface area (Å²) < 4.78 is 5.42. The summed E-state index contributed by atoms with van der Waals surface area (Å²) in [6.45, 7) is 26.4. The quantitative estimate of drug-likeness (QED) is 0.156. The molecule has 3 aliphatic rings. The van der Waals surface area contributed by atoms with Gasteiger partial charge in [0.25, 0.3) is 0 Å². The Bertz CT molecular complexity index is 3800. The Balaban J connectivity index is 1.22. The highest BCUT2D eigenvalue weighted by Crippen LogP contribution is 2.59. The average Bonchev–Trinajstić information content (AvgIpc) is 3.98. The number of rotatable bonds is 3. The number of hydrogen-bond donors (Lipinski definition) is 0. The SMILES string of the molecule is CC(c1ccc(C(C)(C)C)cc1)c1cc2c(cc1-c1c3c(c4c5cc(C(C)(C)C)ccc5n5c4c1Bc1cc4sc6ccccc6c4cc1-5)C(C)(C)c1ccccc1-3)-c1ccccc1C2(C)C. The van der Waals surface area contributed by atoms with Crippen molar-refractivity contribution < 1.29 is 0 Å². The first-order chi connectivity index (χ1) is 31.9. The van der Waals surface area contributed by atoms with E-state index in [9.17, 15) is 0 Å². The third kappa shape index (κ3) is 5.56. The third-order valence-electron chi connectivity index (χ3n) is 16.6. The van der Waals surface area contributed by atoms with Crippen molar-refractivity contribution in [3.63, 3.8) is 0 Å². The summed E-state index contributed by atoms with van der Waals surface area (Å²) in [7, 11) is 0.858. The van der Waals surface area contributed by atoms with Crippen LogP contribution in [0.3, 0.4) is 0 Å². The molecule has 0 saturated heterocycles. The van der Waals surface area contributed by atoms with Crippen molar-refractivity contribution in [2.75, 3.05) is 0 Å². The lowest BCUT2D eigenvalue weighted by Crippen LogP contribution is -2.38. The van der Waals surface area contributed by atoms with Crippen molar-refractivity contribution >= 4 is 71.5 Å². The Hall–Kier alpha value is -6.16. The van der Waals surface area contributed by atoms with Crippen molar-refractivity contribution in [2.24, 2.45) is 0 Å². The Morgan fingerprint density at radius 3 is 1.93 bits per heavy atom. The van der Waals surface area contributed by atoms with E-state index in [4.69, 9.17) is 0 Å². The molecule has 10 aromatic rings. The minimum absolute atomic E-state index is 0.00249. The van der Waals surface area contributed by atoms with Crippen LogP contribution < -0.4 is 10.9 Å². The van der Waals surface area contributed by atoms with Crippen LogP contribution in [0.1, 0.15) is 127 Å². The second-order valence-corrected chi connectivity index (χ2v) is 24.4. The third-order valence-corrected chi connectivity index (χ3v) is 17.8. The number of fused-ring (bicyclic) bond motifs is 15. The molecule has 0 N–H and O–H groups in total. The van der Waals surface area contributed by atoms with Gasteiger partial charge in [0, 0.05) is 58.9 Å². The minimum atomic E-state index is -0.246. The smallest absolute Gasteiger partial charge is 0.198 e. The van der Waals surface area contributed by atoms with Gasteiger partial charge in [-0.3, -0.25) is 0 Å². The van der Waals surface area contributed by atoms with Gasteiger partial charge in [0.2, 0.25) is 0 Å². The van der Waals surface area contributed by atoms with Crippen LogP contribution in [0.4, 0.5) is 0 Å². The number of nitrogens with zero attached hydrogens (tertiary/aromatic N) is 1. The van der Waals surface area contributed by atoms with Crippen molar-refractivity contribution in [3.05, 3.63) is 184 Å². The van der Waals surface area contributed by atoms with Crippen LogP contribution in [0.25, 0.3) is 81.0 Å². The molecule has 0 fully saturated rings. The molecule has 1 aliphatic heterocycles. The van der Waals surface area contributed by atoms with Gasteiger partial charge in [-0.2, -0.15) is 0 Å². The highest BCUT2D eigenvalue weighted by molar-refractivity contribution is 7.26. The molecular formula is C64H58BNS. The zero-order chi connectivity index (χ0) is 46.3. The van der Waals surface area contributed by atoms with Crippen LogP contribution in [0.15, 0.2) is 140 Å². The van der Waals surface area contributed by atoms with E-state index in [0.29, 0.717) is 0 Å². The van der Waals surface area contributed by atoms with Gasteiger partial charge < -0.3 is 4.57 Å². The molecule has 13 rings (SSSR count). The monoisotopic (exact) mass is 883 g/mol. The molecule has 2 aromatic heterocycles. The topological polar surface area (TPSA) is 4.93 Å². The first kappa shape index (κ1) is 41.1. The van der Waals surface area contributed by atoms with Gasteiger partial charge in [-0.25, -0.2) is 0 Å². The normalized spacial score (nSPS) is 15.7. The molecular weight excluding hydrogens is 826 g/mol. The van der Waals surface area contributed by atoms with Crippen LogP contribution in [-0.2, 0) is 21.7 Å². The first-order valence-corrected chi connectivity index (χ1v) is 25.4. The number of benzene rings is 8. The zero-order valence-electron chi connectivity index (χ0n) is 40.9. The molecule has 8 aromatic carbocycles. The zero-order valence-corrected chi connectivity index (χ0v) is 41.7. The fourth-order valence-corrected chi connectivity index (χ4v) is 14.1. The molecule has 3 heterocycles. The van der Waals surface area contributed by atoms with Crippen LogP contribution in [0, 0.1) is 0 Å². The molecule has 0 saturated carbocycles. The number of thiophene rings is 1. The maximum Gasteiger partial charge on any atom is 0.198 e. The van der Waals surface area contributed by atoms with Gasteiger partial charge in [0.05, 0.1) is 5.52 Å². The van der Waals surface area contributed by atoms with Crippen molar-refractivity contribution in [2.45, 2.75) is 104 Å². The van der Waals surface area contributed by atoms with Gasteiger partial charge in [-0.05, 0) is 131 Å². The predicted molar refractivity (Wildman–Crippen MR) is 292 cm³/mol. The Morgan fingerprint density at radius 2 is 1.19 bits per heavy atom. The fourth-order valence-electron chi connectivity index (χ4n) is 12.9. The Kier molecular flexibility index (Phi) is 8.28. The Labute approximate surface area is 400 Å². The highest BCUT2D eigenvalue weighted by Gasteiger charge is 2.44. The van der Waals surface area contributed by atoms with E-state index in [1.54, 1.807) is 0 Å². The molecule has 1 nitrogen and oxygen atoms in total. The molecule has 67 heavy (non-hydrogen) atoms. The predicted octanol–water partition coefficient (Wildman–Crippen LogP) is 15.9. The fraction of sp³-hybridized carbons (Fsp3) is 0.250. The van der Waals surface area contributed by atoms with Gasteiger partial charge in [0.15, 0.2) is 7.28 Å². The summed E-state index contributed by atoms with van der Waals surface area (Å²) in [5, 5.41) is 5.50. The van der Waals surface area contributed by atoms with E-state index >= 15 is 0 Å². The van der Waals surface area contributed by atoms with E-state index < -0.39 is 0 Å². The molecule has 328 valence electrons. The largest absolute Gasteiger partial charge is 0.310 e. The van der Waals surface area contributed by atoms with E-state index in [1.165, 1.54) is 136 Å². The van der Waals surface area contributed by atoms with Crippen molar-refractivity contribution in [1.82, 2.24) is 4.57 Å². The van der Waals surface area contributed by atoms with Gasteiger partial charge in [0.1, 0.15) is 0 Å². The summed E-state index contributed by atoms with van der Waals surface area (Å²) in [5.74, 6) is 0.145. The first-order valence-electron chi connectivity index (χ1n) is 24.5. The lowest BCUT2D eigenvalue weighted by atomic mass is 9.57. The number of aromatic nitrogens is 1. The molecule has 1 atom stereocenters. The second-order valence-electron chi connectivity index (χ2n) is 23.3. The van der Waals surface area contributed by atoms with Crippen molar-refractivity contribution in [1.29, 1.82) is 0 Å². The summed E-state index contributed by atoms with van der Waals surface area (Å²) in [4.78, 5) is 0. The second kappa shape index (κ2) is 13.5. The Morgan fingerprint density at radius 1 is 0.537 bits per heavy atom. The van der Waals surface area contributed by atoms with Gasteiger partial charge in [-0.15, -0.1) is 11.3 Å². The maximum atomic E-state index is 2.71. The minimum Gasteiger partial charge on any atom is -0.310 e. The lowest BCUT2D eigenvalue weighted by molar-refractivity contribution is 0.589. The summed E-state index contributed by atoms with van der Waals surface area (Å²) in [6.07, 6.45) is 0. The van der Waals surface area contributed by atoms with Gasteiger partial charge in [-0.1, -0.05) is 185 Å². The molecule has 0 bridgehead atoms. The molecule has 2 aliphatic carbocycles. The standard InChI is InChI=1S/C64H58BNS/c1-35(36-24-26-37(27-25-36)61(2,3)4)42-32-49-43(39-18-12-15-21-47(39)63(49,8)9)31-45(42)56-55-41-20-13-16-22-48(41)64(10,11)58(55)57-46-30-38(62(5,6)7)28-29-51(46)66-52-33-44-40-19-14-17-23-53(40)67-54(44)34-50(52)65-59(56)60(57)66/h12-35,65H,1-11H3. The summed E-state index contributed by atoms with van der Waals surface area (Å²) in [5.41, 5.74) is 26.1. The van der Waals surface area contributed by atoms with Gasteiger partial charge >= 0.3 is 0 Å². The van der Waals surface area contributed by atoms with Crippen LogP contribution in [-0.4, -0.2) is 11.8 Å². The molecule has 0 amide bonds. The highest BCUT2D eigenvalue weighted by atomic mass is 32.1. The van der Waals surface area contributed by atoms with E-state index in [2.05, 4.69) is 220 Å². The number of hydrogen-bond acceptors (Lipinski definition) is 1. The van der Waals surface area contributed by atoms with E-state index in [-0.39, 0.29) is 27.6 Å². The molecule has 1 unspecified atom stereocenters.